The second-order valence-corrected chi connectivity index (χ2v) is 9.76. The summed E-state index contributed by atoms with van der Waals surface area (Å²) in [6.07, 6.45) is 1.80. The van der Waals surface area contributed by atoms with Crippen molar-refractivity contribution < 1.29 is 13.2 Å². The van der Waals surface area contributed by atoms with Crippen LogP contribution >= 0.6 is 11.8 Å². The van der Waals surface area contributed by atoms with E-state index in [0.29, 0.717) is 6.54 Å². The minimum absolute atomic E-state index is 0.437. The number of hydrogen-bond donors (Lipinski definition) is 1. The number of nitrogens with one attached hydrogen (secondary N) is 1. The molecule has 1 unspecified atom stereocenters. The fourth-order valence-corrected chi connectivity index (χ4v) is 4.38. The van der Waals surface area contributed by atoms with Crippen molar-refractivity contribution in [3.63, 3.8) is 0 Å². The van der Waals surface area contributed by atoms with Crippen molar-refractivity contribution in [2.45, 2.75) is 28.4 Å². The summed E-state index contributed by atoms with van der Waals surface area (Å²) in [5.41, 5.74) is 2.32. The second-order valence-electron chi connectivity index (χ2n) is 6.31. The van der Waals surface area contributed by atoms with Gasteiger partial charge in [0, 0.05) is 29.1 Å². The highest BCUT2D eigenvalue weighted by Gasteiger charge is 2.24. The molecule has 0 saturated carbocycles. The van der Waals surface area contributed by atoms with E-state index in [1.807, 2.05) is 24.3 Å². The smallest absolute Gasteiger partial charge is 0.238 e. The Morgan fingerprint density at radius 3 is 2.15 bits per heavy atom. The van der Waals surface area contributed by atoms with Crippen LogP contribution in [0.1, 0.15) is 13.3 Å². The molecular formula is C19H22N2O3S2. The third-order valence-electron chi connectivity index (χ3n) is 4.40. The number of sulfone groups is 1. The molecule has 0 aliphatic carbocycles. The molecule has 1 aliphatic rings. The molecular weight excluding hydrogens is 368 g/mol. The van der Waals surface area contributed by atoms with E-state index >= 15 is 0 Å². The number of fused-ring (bicyclic) bond motifs is 2. The Balaban J connectivity index is 1.66. The van der Waals surface area contributed by atoms with Crippen LogP contribution in [-0.4, -0.2) is 38.9 Å². The monoisotopic (exact) mass is 390 g/mol. The molecule has 0 bridgehead atoms. The quantitative estimate of drug-likeness (QED) is 0.767. The third-order valence-corrected chi connectivity index (χ3v) is 7.03. The topological polar surface area (TPSA) is 66.5 Å². The summed E-state index contributed by atoms with van der Waals surface area (Å²) in [6, 6.07) is 16.5. The zero-order valence-corrected chi connectivity index (χ0v) is 16.4. The predicted octanol–water partition coefficient (Wildman–Crippen LogP) is 3.23. The highest BCUT2D eigenvalue weighted by Crippen LogP contribution is 2.47. The molecule has 26 heavy (non-hydrogen) atoms. The van der Waals surface area contributed by atoms with Gasteiger partial charge in [-0.3, -0.25) is 4.79 Å². The molecule has 0 fully saturated rings. The van der Waals surface area contributed by atoms with Gasteiger partial charge in [-0.25, -0.2) is 8.42 Å². The van der Waals surface area contributed by atoms with Crippen LogP contribution in [0.15, 0.2) is 58.3 Å². The number of para-hydroxylation sites is 2. The average molecular weight is 391 g/mol. The molecule has 5 nitrogen and oxygen atoms in total. The number of anilines is 2. The summed E-state index contributed by atoms with van der Waals surface area (Å²) in [5, 5.41) is 1.71. The molecule has 1 aliphatic heterocycles. The maximum Gasteiger partial charge on any atom is 0.238 e. The van der Waals surface area contributed by atoms with Gasteiger partial charge in [0.05, 0.1) is 11.4 Å². The van der Waals surface area contributed by atoms with Crippen molar-refractivity contribution in [1.82, 2.24) is 5.32 Å². The molecule has 1 amide bonds. The van der Waals surface area contributed by atoms with E-state index in [9.17, 15) is 13.2 Å². The van der Waals surface area contributed by atoms with E-state index in [1.165, 1.54) is 16.7 Å². The summed E-state index contributed by atoms with van der Waals surface area (Å²) in [5.74, 6) is -0.442. The summed E-state index contributed by atoms with van der Waals surface area (Å²) < 4.78 is 22.9. The Hall–Kier alpha value is -1.99. The molecule has 0 saturated heterocycles. The minimum atomic E-state index is -3.36. The Morgan fingerprint density at radius 1 is 1.08 bits per heavy atom. The summed E-state index contributed by atoms with van der Waals surface area (Å²) in [6.45, 7) is 2.59. The highest BCUT2D eigenvalue weighted by molar-refractivity contribution is 7.99. The van der Waals surface area contributed by atoms with Crippen molar-refractivity contribution in [3.8, 4) is 0 Å². The lowest BCUT2D eigenvalue weighted by Gasteiger charge is -2.32. The van der Waals surface area contributed by atoms with Gasteiger partial charge < -0.3 is 10.2 Å². The highest BCUT2D eigenvalue weighted by atomic mass is 32.2. The van der Waals surface area contributed by atoms with Crippen molar-refractivity contribution in [2.75, 3.05) is 24.2 Å². The van der Waals surface area contributed by atoms with Crippen LogP contribution < -0.4 is 10.2 Å². The lowest BCUT2D eigenvalue weighted by Crippen LogP contribution is -2.38. The van der Waals surface area contributed by atoms with E-state index < -0.39 is 21.0 Å². The molecule has 1 atom stereocenters. The molecule has 1 heterocycles. The third kappa shape index (κ3) is 4.04. The van der Waals surface area contributed by atoms with Crippen LogP contribution in [0.25, 0.3) is 0 Å². The van der Waals surface area contributed by atoms with Crippen LogP contribution in [0, 0.1) is 0 Å². The molecule has 1 N–H and O–H groups in total. The van der Waals surface area contributed by atoms with Gasteiger partial charge in [0.1, 0.15) is 5.25 Å². The van der Waals surface area contributed by atoms with Crippen LogP contribution in [0.3, 0.4) is 0 Å². The van der Waals surface area contributed by atoms with E-state index in [1.54, 1.807) is 11.8 Å². The van der Waals surface area contributed by atoms with Crippen molar-refractivity contribution in [1.29, 1.82) is 0 Å². The Morgan fingerprint density at radius 2 is 1.62 bits per heavy atom. The van der Waals surface area contributed by atoms with Gasteiger partial charge in [-0.1, -0.05) is 36.0 Å². The summed E-state index contributed by atoms with van der Waals surface area (Å²) in [7, 11) is -3.36. The first kappa shape index (κ1) is 18.8. The SMILES string of the molecule is CC(C(=O)NCCCN1c2ccccc2Sc2ccccc21)S(C)(=O)=O. The van der Waals surface area contributed by atoms with Gasteiger partial charge in [-0.15, -0.1) is 0 Å². The lowest BCUT2D eigenvalue weighted by molar-refractivity contribution is -0.120. The predicted molar refractivity (Wildman–Crippen MR) is 106 cm³/mol. The fourth-order valence-electron chi connectivity index (χ4n) is 2.81. The first-order chi connectivity index (χ1) is 12.4. The fraction of sp³-hybridized carbons (Fsp3) is 0.316. The standard InChI is InChI=1S/C19H22N2O3S2/c1-14(26(2,23)24)19(22)20-12-7-13-21-15-8-3-5-10-17(15)25-18-11-6-4-9-16(18)21/h3-6,8-11,14H,7,12-13H2,1-2H3,(H,20,22). The van der Waals surface area contributed by atoms with Crippen LogP contribution in [-0.2, 0) is 14.6 Å². The van der Waals surface area contributed by atoms with Gasteiger partial charge in [0.25, 0.3) is 0 Å². The summed E-state index contributed by atoms with van der Waals surface area (Å²) >= 11 is 1.76. The maximum absolute atomic E-state index is 11.9. The molecule has 138 valence electrons. The van der Waals surface area contributed by atoms with Crippen molar-refractivity contribution in [2.24, 2.45) is 0 Å². The number of benzene rings is 2. The molecule has 7 heteroatoms. The normalized spacial score (nSPS) is 14.3. The molecule has 0 radical (unpaired) electrons. The number of rotatable bonds is 6. The van der Waals surface area contributed by atoms with Gasteiger partial charge >= 0.3 is 0 Å². The van der Waals surface area contributed by atoms with Gasteiger partial charge in [0.2, 0.25) is 5.91 Å². The molecule has 0 spiro atoms. The molecule has 2 aromatic carbocycles. The Labute approximate surface area is 158 Å². The first-order valence-electron chi connectivity index (χ1n) is 8.48. The van der Waals surface area contributed by atoms with E-state index in [0.717, 1.165) is 30.6 Å². The van der Waals surface area contributed by atoms with Crippen LogP contribution in [0.4, 0.5) is 11.4 Å². The summed E-state index contributed by atoms with van der Waals surface area (Å²) in [4.78, 5) is 16.6. The van der Waals surface area contributed by atoms with E-state index in [4.69, 9.17) is 0 Å². The van der Waals surface area contributed by atoms with Gasteiger partial charge in [-0.2, -0.15) is 0 Å². The second kappa shape index (κ2) is 7.72. The number of hydrogen-bond acceptors (Lipinski definition) is 5. The zero-order valence-electron chi connectivity index (χ0n) is 14.8. The number of amides is 1. The largest absolute Gasteiger partial charge is 0.355 e. The average Bonchev–Trinajstić information content (AvgIpc) is 2.62. The molecule has 3 rings (SSSR count). The van der Waals surface area contributed by atoms with Crippen LogP contribution in [0.5, 0.6) is 0 Å². The lowest BCUT2D eigenvalue weighted by atomic mass is 10.2. The van der Waals surface area contributed by atoms with E-state index in [2.05, 4.69) is 34.5 Å². The van der Waals surface area contributed by atoms with E-state index in [-0.39, 0.29) is 0 Å². The zero-order chi connectivity index (χ0) is 18.7. The molecule has 2 aromatic rings. The Bertz CT molecular complexity index is 867. The molecule has 0 aromatic heterocycles. The number of nitrogens with zero attached hydrogens (tertiary/aromatic N) is 1. The maximum atomic E-state index is 11.9. The van der Waals surface area contributed by atoms with Crippen molar-refractivity contribution in [3.05, 3.63) is 48.5 Å². The van der Waals surface area contributed by atoms with Crippen molar-refractivity contribution >= 4 is 38.9 Å². The van der Waals surface area contributed by atoms with Gasteiger partial charge in [0.15, 0.2) is 9.84 Å². The first-order valence-corrected chi connectivity index (χ1v) is 11.2. The Kier molecular flexibility index (Phi) is 5.58. The number of carbonyl (C=O) groups excluding carboxylic acids is 1. The number of carbonyl (C=O) groups is 1. The van der Waals surface area contributed by atoms with Crippen LogP contribution in [0.2, 0.25) is 0 Å². The van der Waals surface area contributed by atoms with Gasteiger partial charge in [-0.05, 0) is 37.6 Å². The minimum Gasteiger partial charge on any atom is -0.355 e.